The molecule has 0 atom stereocenters. The van der Waals surface area contributed by atoms with Gasteiger partial charge in [0.2, 0.25) is 0 Å². The first-order valence-electron chi connectivity index (χ1n) is 7.15. The number of nitrogens with zero attached hydrogens (tertiary/aromatic N) is 2. The van der Waals surface area contributed by atoms with Gasteiger partial charge in [-0.15, -0.1) is 0 Å². The molecule has 0 saturated carbocycles. The van der Waals surface area contributed by atoms with Crippen LogP contribution in [0, 0.1) is 0 Å². The molecule has 0 amide bonds. The van der Waals surface area contributed by atoms with Crippen molar-refractivity contribution in [1.29, 1.82) is 0 Å². The van der Waals surface area contributed by atoms with Crippen LogP contribution < -0.4 is 15.4 Å². The number of rotatable bonds is 5. The molecule has 0 fully saturated rings. The van der Waals surface area contributed by atoms with Crippen molar-refractivity contribution in [1.82, 2.24) is 9.97 Å². The van der Waals surface area contributed by atoms with Gasteiger partial charge < -0.3 is 19.8 Å². The van der Waals surface area contributed by atoms with Gasteiger partial charge in [0.15, 0.2) is 0 Å². The summed E-state index contributed by atoms with van der Waals surface area (Å²) in [6, 6.07) is 11.8. The lowest BCUT2D eigenvalue weighted by Gasteiger charge is -2.10. The summed E-state index contributed by atoms with van der Waals surface area (Å²) in [6.45, 7) is 0.472. The third-order valence-corrected chi connectivity index (χ3v) is 4.55. The molecule has 0 spiro atoms. The quantitative estimate of drug-likeness (QED) is 0.608. The summed E-state index contributed by atoms with van der Waals surface area (Å²) in [4.78, 5) is 26.7. The molecule has 8 heteroatoms. The van der Waals surface area contributed by atoms with Gasteiger partial charge in [0.05, 0.1) is 17.9 Å². The van der Waals surface area contributed by atoms with Crippen LogP contribution in [0.15, 0.2) is 48.8 Å². The number of methoxy groups -OCH3 is 1. The van der Waals surface area contributed by atoms with E-state index >= 15 is 0 Å². The predicted octanol–water partition coefficient (Wildman–Crippen LogP) is 2.05. The summed E-state index contributed by atoms with van der Waals surface area (Å²) < 4.78 is 16.4. The number of aromatic nitrogens is 2. The fraction of sp³-hybridized carbons (Fsp3) is 0.125. The van der Waals surface area contributed by atoms with E-state index in [1.165, 1.54) is 18.5 Å². The Morgan fingerprint density at radius 2 is 1.88 bits per heavy atom. The van der Waals surface area contributed by atoms with E-state index in [2.05, 4.69) is 15.3 Å². The SMILES string of the molecule is COc1ccc2c(NCc3ccc(P(=O)(O)O)cc3)ncnc2c1. The number of benzene rings is 2. The van der Waals surface area contributed by atoms with Gasteiger partial charge in [-0.25, -0.2) is 9.97 Å². The average Bonchev–Trinajstić information content (AvgIpc) is 2.59. The predicted molar refractivity (Wildman–Crippen MR) is 91.5 cm³/mol. The standard InChI is InChI=1S/C16H16N3O4P/c1-23-12-4-7-14-15(8-12)18-10-19-16(14)17-9-11-2-5-13(6-3-11)24(20,21)22/h2-8,10H,9H2,1H3,(H,17,18,19)(H2,20,21,22). The molecule has 1 heterocycles. The molecule has 124 valence electrons. The van der Waals surface area contributed by atoms with Crippen molar-refractivity contribution < 1.29 is 19.1 Å². The van der Waals surface area contributed by atoms with Crippen LogP contribution in [0.5, 0.6) is 5.75 Å². The summed E-state index contributed by atoms with van der Waals surface area (Å²) in [7, 11) is -2.61. The molecule has 0 unspecified atom stereocenters. The lowest BCUT2D eigenvalue weighted by molar-refractivity contribution is 0.387. The largest absolute Gasteiger partial charge is 0.497 e. The van der Waals surface area contributed by atoms with Gasteiger partial charge in [-0.1, -0.05) is 12.1 Å². The third kappa shape index (κ3) is 3.54. The Kier molecular flexibility index (Phi) is 4.49. The van der Waals surface area contributed by atoms with Crippen molar-refractivity contribution in [3.63, 3.8) is 0 Å². The van der Waals surface area contributed by atoms with Crippen LogP contribution in [-0.2, 0) is 11.1 Å². The Morgan fingerprint density at radius 3 is 2.54 bits per heavy atom. The molecule has 0 bridgehead atoms. The van der Waals surface area contributed by atoms with E-state index in [0.717, 1.165) is 22.2 Å². The number of ether oxygens (including phenoxy) is 1. The highest BCUT2D eigenvalue weighted by molar-refractivity contribution is 7.60. The molecule has 3 aromatic rings. The van der Waals surface area contributed by atoms with E-state index in [4.69, 9.17) is 14.5 Å². The van der Waals surface area contributed by atoms with E-state index in [-0.39, 0.29) is 5.30 Å². The highest BCUT2D eigenvalue weighted by Crippen LogP contribution is 2.32. The Hall–Kier alpha value is -2.47. The van der Waals surface area contributed by atoms with E-state index in [1.54, 1.807) is 19.2 Å². The van der Waals surface area contributed by atoms with Crippen molar-refractivity contribution in [2.45, 2.75) is 6.54 Å². The zero-order valence-electron chi connectivity index (χ0n) is 12.9. The lowest BCUT2D eigenvalue weighted by Crippen LogP contribution is -2.06. The van der Waals surface area contributed by atoms with Crippen molar-refractivity contribution >= 4 is 29.6 Å². The minimum absolute atomic E-state index is 0.00540. The van der Waals surface area contributed by atoms with Gasteiger partial charge in [-0.3, -0.25) is 4.57 Å². The van der Waals surface area contributed by atoms with Crippen LogP contribution >= 0.6 is 7.60 Å². The molecular formula is C16H16N3O4P. The van der Waals surface area contributed by atoms with Crippen LogP contribution in [0.1, 0.15) is 5.56 Å². The van der Waals surface area contributed by atoms with Crippen LogP contribution in [0.2, 0.25) is 0 Å². The van der Waals surface area contributed by atoms with Gasteiger partial charge >= 0.3 is 7.60 Å². The average molecular weight is 345 g/mol. The molecule has 3 rings (SSSR count). The monoisotopic (exact) mass is 345 g/mol. The van der Waals surface area contributed by atoms with Crippen molar-refractivity contribution in [2.75, 3.05) is 12.4 Å². The van der Waals surface area contributed by atoms with E-state index in [0.29, 0.717) is 12.4 Å². The molecular weight excluding hydrogens is 329 g/mol. The number of anilines is 1. The molecule has 7 nitrogen and oxygen atoms in total. The first-order valence-corrected chi connectivity index (χ1v) is 8.76. The second-order valence-electron chi connectivity index (χ2n) is 5.17. The third-order valence-electron chi connectivity index (χ3n) is 3.58. The smallest absolute Gasteiger partial charge is 0.356 e. The van der Waals surface area contributed by atoms with Crippen LogP contribution in [0.4, 0.5) is 5.82 Å². The first kappa shape index (κ1) is 16.4. The molecule has 1 aromatic heterocycles. The number of nitrogens with one attached hydrogen (secondary N) is 1. The summed E-state index contributed by atoms with van der Waals surface area (Å²) in [5, 5.41) is 4.08. The maximum Gasteiger partial charge on any atom is 0.356 e. The maximum absolute atomic E-state index is 11.2. The number of fused-ring (bicyclic) bond motifs is 1. The highest BCUT2D eigenvalue weighted by atomic mass is 31.2. The zero-order valence-corrected chi connectivity index (χ0v) is 13.8. The number of hydrogen-bond acceptors (Lipinski definition) is 5. The molecule has 0 aliphatic heterocycles. The fourth-order valence-electron chi connectivity index (χ4n) is 2.30. The summed E-state index contributed by atoms with van der Waals surface area (Å²) in [5.41, 5.74) is 1.65. The van der Waals surface area contributed by atoms with Crippen LogP contribution in [0.25, 0.3) is 10.9 Å². The van der Waals surface area contributed by atoms with Gasteiger partial charge in [0.1, 0.15) is 17.9 Å². The summed E-state index contributed by atoms with van der Waals surface area (Å²) in [5.74, 6) is 1.40. The topological polar surface area (TPSA) is 105 Å². The molecule has 3 N–H and O–H groups in total. The van der Waals surface area contributed by atoms with Gasteiger partial charge in [0, 0.05) is 18.0 Å². The highest BCUT2D eigenvalue weighted by Gasteiger charge is 2.16. The Balaban J connectivity index is 1.79. The minimum Gasteiger partial charge on any atom is -0.497 e. The number of hydrogen-bond donors (Lipinski definition) is 3. The van der Waals surface area contributed by atoms with Gasteiger partial charge in [-0.05, 0) is 29.8 Å². The Bertz CT molecular complexity index is 909. The fourth-order valence-corrected chi connectivity index (χ4v) is 2.84. The normalized spacial score (nSPS) is 11.5. The molecule has 24 heavy (non-hydrogen) atoms. The zero-order chi connectivity index (χ0) is 17.2. The molecule has 0 saturated heterocycles. The Morgan fingerprint density at radius 1 is 1.12 bits per heavy atom. The van der Waals surface area contributed by atoms with Gasteiger partial charge in [0.25, 0.3) is 0 Å². The van der Waals surface area contributed by atoms with Crippen molar-refractivity contribution in [3.05, 3.63) is 54.4 Å². The lowest BCUT2D eigenvalue weighted by atomic mass is 10.2. The summed E-state index contributed by atoms with van der Waals surface area (Å²) in [6.07, 6.45) is 1.47. The first-order chi connectivity index (χ1) is 11.5. The van der Waals surface area contributed by atoms with Crippen LogP contribution in [-0.4, -0.2) is 26.9 Å². The molecule has 2 aromatic carbocycles. The van der Waals surface area contributed by atoms with E-state index < -0.39 is 7.60 Å². The van der Waals surface area contributed by atoms with Gasteiger partial charge in [-0.2, -0.15) is 0 Å². The van der Waals surface area contributed by atoms with Crippen molar-refractivity contribution in [2.24, 2.45) is 0 Å². The molecule has 0 aliphatic carbocycles. The summed E-state index contributed by atoms with van der Waals surface area (Å²) >= 11 is 0. The van der Waals surface area contributed by atoms with E-state index in [1.807, 2.05) is 18.2 Å². The second kappa shape index (κ2) is 6.57. The Labute approximate surface area is 138 Å². The minimum atomic E-state index is -4.21. The van der Waals surface area contributed by atoms with Crippen molar-refractivity contribution in [3.8, 4) is 5.75 Å². The second-order valence-corrected chi connectivity index (χ2v) is 6.77. The molecule has 0 radical (unpaired) electrons. The molecule has 0 aliphatic rings. The van der Waals surface area contributed by atoms with E-state index in [9.17, 15) is 4.57 Å². The maximum atomic E-state index is 11.2. The van der Waals surface area contributed by atoms with Crippen LogP contribution in [0.3, 0.4) is 0 Å².